The topological polar surface area (TPSA) is 43.0 Å². The smallest absolute Gasteiger partial charge is 0.210 e. The summed E-state index contributed by atoms with van der Waals surface area (Å²) in [5.41, 5.74) is 4.73. The summed E-state index contributed by atoms with van der Waals surface area (Å²) in [7, 11) is 3.33. The van der Waals surface area contributed by atoms with E-state index in [0.717, 1.165) is 42.1 Å². The molecule has 0 radical (unpaired) electrons. The highest BCUT2D eigenvalue weighted by Crippen LogP contribution is 2.51. The van der Waals surface area contributed by atoms with E-state index in [-0.39, 0.29) is 11.6 Å². The van der Waals surface area contributed by atoms with E-state index in [2.05, 4.69) is 26.0 Å². The standard InChI is InChI=1S/C34H28N2O2S4/c1-3-39-33-27(29(37)23-15-7-5-8-16-23)35-21-13-11-19-25(35)31(33)41-42-32-26-20-12-14-22-36(26)28(34(32)40-4-2)30(38)24-17-9-6-10-18-24/h5-22H,3-4H2,1-2H3. The number of fused-ring (bicyclic) bond motifs is 2. The predicted molar refractivity (Wildman–Crippen MR) is 179 cm³/mol. The van der Waals surface area contributed by atoms with Crippen molar-refractivity contribution in [1.82, 2.24) is 8.80 Å². The minimum atomic E-state index is 0.0110. The zero-order valence-electron chi connectivity index (χ0n) is 23.2. The molecule has 0 aliphatic heterocycles. The highest BCUT2D eigenvalue weighted by atomic mass is 33.1. The fraction of sp³-hybridized carbons (Fsp3) is 0.118. The van der Waals surface area contributed by atoms with Crippen LogP contribution in [0.15, 0.2) is 129 Å². The molecule has 0 spiro atoms. The van der Waals surface area contributed by atoms with E-state index in [9.17, 15) is 9.59 Å². The van der Waals surface area contributed by atoms with Crippen LogP contribution in [0.25, 0.3) is 11.0 Å². The minimum absolute atomic E-state index is 0.0110. The van der Waals surface area contributed by atoms with Gasteiger partial charge in [0.15, 0.2) is 0 Å². The van der Waals surface area contributed by atoms with Gasteiger partial charge in [-0.15, -0.1) is 23.5 Å². The van der Waals surface area contributed by atoms with Gasteiger partial charge in [-0.2, -0.15) is 0 Å². The Balaban J connectivity index is 1.48. The van der Waals surface area contributed by atoms with Crippen LogP contribution < -0.4 is 0 Å². The highest BCUT2D eigenvalue weighted by Gasteiger charge is 2.28. The second kappa shape index (κ2) is 12.9. The quantitative estimate of drug-likeness (QED) is 0.0812. The fourth-order valence-electron chi connectivity index (χ4n) is 4.99. The molecule has 4 nitrogen and oxygen atoms in total. The molecule has 0 aliphatic rings. The second-order valence-electron chi connectivity index (χ2n) is 9.35. The Bertz CT molecular complexity index is 1760. The van der Waals surface area contributed by atoms with Crippen molar-refractivity contribution in [2.75, 3.05) is 11.5 Å². The molecule has 2 aromatic carbocycles. The van der Waals surface area contributed by atoms with Crippen molar-refractivity contribution in [3.63, 3.8) is 0 Å². The molecule has 0 amide bonds. The lowest BCUT2D eigenvalue weighted by Crippen LogP contribution is -2.06. The molecule has 0 aliphatic carbocycles. The minimum Gasteiger partial charge on any atom is -0.311 e. The van der Waals surface area contributed by atoms with Crippen LogP contribution in [0.1, 0.15) is 46.0 Å². The zero-order chi connectivity index (χ0) is 29.1. The van der Waals surface area contributed by atoms with Crippen LogP contribution in [0.4, 0.5) is 0 Å². The maximum Gasteiger partial charge on any atom is 0.210 e. The molecule has 0 saturated carbocycles. The van der Waals surface area contributed by atoms with Gasteiger partial charge in [-0.25, -0.2) is 0 Å². The summed E-state index contributed by atoms with van der Waals surface area (Å²) in [4.78, 5) is 31.9. The first-order chi connectivity index (χ1) is 20.6. The summed E-state index contributed by atoms with van der Waals surface area (Å²) in [6.07, 6.45) is 3.95. The molecule has 42 heavy (non-hydrogen) atoms. The van der Waals surface area contributed by atoms with Gasteiger partial charge in [-0.05, 0) is 57.4 Å². The van der Waals surface area contributed by atoms with Gasteiger partial charge in [0.1, 0.15) is 11.4 Å². The van der Waals surface area contributed by atoms with Crippen molar-refractivity contribution < 1.29 is 9.59 Å². The number of rotatable bonds is 11. The lowest BCUT2D eigenvalue weighted by atomic mass is 10.1. The maximum absolute atomic E-state index is 13.9. The van der Waals surface area contributed by atoms with E-state index in [1.165, 1.54) is 0 Å². The number of pyridine rings is 2. The molecular formula is C34H28N2O2S4. The van der Waals surface area contributed by atoms with E-state index >= 15 is 0 Å². The zero-order valence-corrected chi connectivity index (χ0v) is 26.4. The van der Waals surface area contributed by atoms with Gasteiger partial charge in [0.05, 0.1) is 30.6 Å². The SMILES string of the molecule is CCSc1c(SSc2c(SCC)c(C(=O)c3ccccc3)n3ccccc23)c2ccccn2c1C(=O)c1ccccc1. The Morgan fingerprint density at radius 2 is 0.905 bits per heavy atom. The van der Waals surface area contributed by atoms with Crippen molar-refractivity contribution in [3.8, 4) is 0 Å². The number of hydrogen-bond acceptors (Lipinski definition) is 6. The third kappa shape index (κ3) is 5.33. The molecule has 6 aromatic rings. The van der Waals surface area contributed by atoms with Gasteiger partial charge in [0.2, 0.25) is 11.6 Å². The summed E-state index contributed by atoms with van der Waals surface area (Å²) in [6.45, 7) is 4.23. The number of aromatic nitrogens is 2. The Kier molecular flexibility index (Phi) is 8.86. The van der Waals surface area contributed by atoms with E-state index in [0.29, 0.717) is 22.5 Å². The van der Waals surface area contributed by atoms with Crippen LogP contribution in [0.3, 0.4) is 0 Å². The molecular weight excluding hydrogens is 597 g/mol. The second-order valence-corrected chi connectivity index (χ2v) is 14.0. The molecule has 0 N–H and O–H groups in total. The van der Waals surface area contributed by atoms with Crippen LogP contribution in [0, 0.1) is 0 Å². The number of ketones is 2. The van der Waals surface area contributed by atoms with E-state index in [4.69, 9.17) is 0 Å². The summed E-state index contributed by atoms with van der Waals surface area (Å²) < 4.78 is 4.06. The average molecular weight is 625 g/mol. The van der Waals surface area contributed by atoms with Gasteiger partial charge in [-0.3, -0.25) is 9.59 Å². The molecule has 210 valence electrons. The first-order valence-corrected chi connectivity index (χ1v) is 17.8. The lowest BCUT2D eigenvalue weighted by molar-refractivity contribution is 0.102. The Morgan fingerprint density at radius 3 is 1.29 bits per heavy atom. The highest BCUT2D eigenvalue weighted by molar-refractivity contribution is 8.76. The number of thioether (sulfide) groups is 2. The van der Waals surface area contributed by atoms with E-state index in [1.807, 2.05) is 106 Å². The molecule has 0 atom stereocenters. The van der Waals surface area contributed by atoms with Crippen LogP contribution in [-0.4, -0.2) is 31.9 Å². The normalized spacial score (nSPS) is 11.4. The summed E-state index contributed by atoms with van der Waals surface area (Å²) >= 11 is 3.40. The number of carbonyl (C=O) groups is 2. The van der Waals surface area contributed by atoms with Crippen LogP contribution in [0.2, 0.25) is 0 Å². The number of hydrogen-bond donors (Lipinski definition) is 0. The first-order valence-electron chi connectivity index (χ1n) is 13.7. The molecule has 0 bridgehead atoms. The molecule has 0 fully saturated rings. The third-order valence-electron chi connectivity index (χ3n) is 6.80. The van der Waals surface area contributed by atoms with Crippen molar-refractivity contribution in [2.24, 2.45) is 0 Å². The molecule has 6 rings (SSSR count). The van der Waals surface area contributed by atoms with Crippen molar-refractivity contribution in [3.05, 3.63) is 132 Å². The summed E-state index contributed by atoms with van der Waals surface area (Å²) in [5.74, 6) is 1.70. The molecule has 4 heterocycles. The maximum atomic E-state index is 13.9. The van der Waals surface area contributed by atoms with Crippen LogP contribution in [-0.2, 0) is 0 Å². The molecule has 0 unspecified atom stereocenters. The van der Waals surface area contributed by atoms with Gasteiger partial charge in [-0.1, -0.05) is 86.6 Å². The number of nitrogens with zero attached hydrogens (tertiary/aromatic N) is 2. The van der Waals surface area contributed by atoms with Gasteiger partial charge in [0, 0.05) is 23.5 Å². The fourth-order valence-corrected chi connectivity index (χ4v) is 10.1. The summed E-state index contributed by atoms with van der Waals surface area (Å²) in [6, 6.07) is 31.1. The number of carbonyl (C=O) groups excluding carboxylic acids is 2. The Labute approximate surface area is 261 Å². The van der Waals surface area contributed by atoms with Crippen molar-refractivity contribution in [1.29, 1.82) is 0 Å². The Hall–Kier alpha value is -3.30. The van der Waals surface area contributed by atoms with Gasteiger partial charge >= 0.3 is 0 Å². The Morgan fingerprint density at radius 1 is 0.524 bits per heavy atom. The van der Waals surface area contributed by atoms with E-state index < -0.39 is 0 Å². The van der Waals surface area contributed by atoms with Gasteiger partial charge in [0.25, 0.3) is 0 Å². The molecule has 0 saturated heterocycles. The average Bonchev–Trinajstić information content (AvgIpc) is 3.52. The largest absolute Gasteiger partial charge is 0.311 e. The van der Waals surface area contributed by atoms with E-state index in [1.54, 1.807) is 45.1 Å². The van der Waals surface area contributed by atoms with Crippen molar-refractivity contribution >= 4 is 67.7 Å². The summed E-state index contributed by atoms with van der Waals surface area (Å²) in [5, 5.41) is 0. The first kappa shape index (κ1) is 28.8. The third-order valence-corrected chi connectivity index (χ3v) is 11.5. The monoisotopic (exact) mass is 624 g/mol. The van der Waals surface area contributed by atoms with Gasteiger partial charge < -0.3 is 8.80 Å². The molecule has 8 heteroatoms. The molecule has 4 aromatic heterocycles. The number of benzene rings is 2. The lowest BCUT2D eigenvalue weighted by Gasteiger charge is -2.08. The predicted octanol–water partition coefficient (Wildman–Crippen LogP) is 9.68. The van der Waals surface area contributed by atoms with Crippen molar-refractivity contribution in [2.45, 2.75) is 33.4 Å². The van der Waals surface area contributed by atoms with Crippen LogP contribution >= 0.6 is 45.1 Å². The van der Waals surface area contributed by atoms with Crippen LogP contribution in [0.5, 0.6) is 0 Å².